The van der Waals surface area contributed by atoms with Crippen molar-refractivity contribution >= 4 is 23.5 Å². The first-order chi connectivity index (χ1) is 15.3. The van der Waals surface area contributed by atoms with Crippen LogP contribution < -0.4 is 5.32 Å². The van der Waals surface area contributed by atoms with E-state index < -0.39 is 0 Å². The summed E-state index contributed by atoms with van der Waals surface area (Å²) < 4.78 is 15.4. The first kappa shape index (κ1) is 20.9. The smallest absolute Gasteiger partial charge is 0.227 e. The van der Waals surface area contributed by atoms with Gasteiger partial charge in [0.15, 0.2) is 5.78 Å². The average Bonchev–Trinajstić information content (AvgIpc) is 3.13. The van der Waals surface area contributed by atoms with Crippen molar-refractivity contribution < 1.29 is 9.18 Å². The largest absolute Gasteiger partial charge is 0.328 e. The lowest BCUT2D eigenvalue weighted by Crippen LogP contribution is -2.36. The third-order valence-electron chi connectivity index (χ3n) is 5.96. The number of aromatic nitrogens is 3. The number of rotatable bonds is 4. The van der Waals surface area contributed by atoms with Crippen LogP contribution in [0.25, 0.3) is 0 Å². The summed E-state index contributed by atoms with van der Waals surface area (Å²) in [7, 11) is 0. The Morgan fingerprint density at radius 2 is 1.97 bits per heavy atom. The van der Waals surface area contributed by atoms with Crippen LogP contribution in [0.5, 0.6) is 0 Å². The van der Waals surface area contributed by atoms with Gasteiger partial charge in [0, 0.05) is 23.4 Å². The van der Waals surface area contributed by atoms with Gasteiger partial charge in [0.2, 0.25) is 11.1 Å². The molecule has 0 amide bonds. The Bertz CT molecular complexity index is 1230. The molecule has 2 aromatic carbocycles. The summed E-state index contributed by atoms with van der Waals surface area (Å²) in [6, 6.07) is 14.5. The lowest BCUT2D eigenvalue weighted by molar-refractivity contribution is -0.118. The molecule has 7 heteroatoms. The number of halogens is 1. The molecule has 5 rings (SSSR count). The molecule has 1 aromatic heterocycles. The number of hydrogen-bond acceptors (Lipinski definition) is 5. The highest BCUT2D eigenvalue weighted by atomic mass is 32.2. The summed E-state index contributed by atoms with van der Waals surface area (Å²) in [6.45, 7) is 6.29. The highest BCUT2D eigenvalue weighted by Crippen LogP contribution is 2.45. The number of aryl methyl sites for hydroxylation is 1. The molecule has 0 bridgehead atoms. The molecule has 2 heterocycles. The first-order valence-electron chi connectivity index (χ1n) is 10.7. The van der Waals surface area contributed by atoms with E-state index in [0.717, 1.165) is 34.4 Å². The Labute approximate surface area is 191 Å². The maximum absolute atomic E-state index is 13.5. The van der Waals surface area contributed by atoms with Crippen molar-refractivity contribution in [2.75, 3.05) is 5.32 Å². The molecule has 0 radical (unpaired) electrons. The summed E-state index contributed by atoms with van der Waals surface area (Å²) >= 11 is 1.46. The topological polar surface area (TPSA) is 59.8 Å². The summed E-state index contributed by atoms with van der Waals surface area (Å²) in [5, 5.41) is 8.75. The second-order valence-corrected chi connectivity index (χ2v) is 10.3. The van der Waals surface area contributed by atoms with Gasteiger partial charge >= 0.3 is 0 Å². The molecular formula is C25H25FN4OS. The van der Waals surface area contributed by atoms with E-state index in [1.165, 1.54) is 23.9 Å². The fourth-order valence-corrected chi connectivity index (χ4v) is 5.25. The lowest BCUT2D eigenvalue weighted by Gasteiger charge is -2.38. The Kier molecular flexibility index (Phi) is 5.16. The Hall–Kier alpha value is -2.93. The number of allylic oxidation sites excluding steroid dienone is 2. The van der Waals surface area contributed by atoms with Gasteiger partial charge < -0.3 is 5.32 Å². The van der Waals surface area contributed by atoms with Crippen LogP contribution >= 0.6 is 11.8 Å². The van der Waals surface area contributed by atoms with E-state index in [9.17, 15) is 9.18 Å². The van der Waals surface area contributed by atoms with Crippen molar-refractivity contribution in [2.45, 2.75) is 50.6 Å². The number of fused-ring (bicyclic) bond motifs is 1. The van der Waals surface area contributed by atoms with Crippen LogP contribution in [0.2, 0.25) is 0 Å². The number of carbonyl (C=O) groups excluding carboxylic acids is 1. The van der Waals surface area contributed by atoms with Gasteiger partial charge in [-0.15, -0.1) is 5.10 Å². The van der Waals surface area contributed by atoms with E-state index in [-0.39, 0.29) is 23.1 Å². The quantitative estimate of drug-likeness (QED) is 0.521. The molecule has 0 fully saturated rings. The van der Waals surface area contributed by atoms with Crippen molar-refractivity contribution in [1.29, 1.82) is 0 Å². The zero-order chi connectivity index (χ0) is 22.5. The summed E-state index contributed by atoms with van der Waals surface area (Å²) in [5.74, 6) is 1.11. The van der Waals surface area contributed by atoms with Crippen molar-refractivity contribution in [2.24, 2.45) is 5.41 Å². The molecule has 1 atom stereocenters. The molecule has 0 saturated carbocycles. The second kappa shape index (κ2) is 7.89. The summed E-state index contributed by atoms with van der Waals surface area (Å²) in [5.41, 5.74) is 4.69. The number of Topliss-reactive ketones (excluding diaryl/α,β-unsaturated/α-hetero) is 1. The second-order valence-electron chi connectivity index (χ2n) is 9.35. The van der Waals surface area contributed by atoms with E-state index >= 15 is 0 Å². The van der Waals surface area contributed by atoms with Crippen molar-refractivity contribution in [3.63, 3.8) is 0 Å². The van der Waals surface area contributed by atoms with Gasteiger partial charge in [0.05, 0.1) is 0 Å². The van der Waals surface area contributed by atoms with Crippen molar-refractivity contribution in [3.05, 3.63) is 82.3 Å². The van der Waals surface area contributed by atoms with Gasteiger partial charge in [-0.2, -0.15) is 4.98 Å². The van der Waals surface area contributed by atoms with E-state index in [2.05, 4.69) is 43.4 Å². The molecule has 3 aromatic rings. The lowest BCUT2D eigenvalue weighted by atomic mass is 9.73. The van der Waals surface area contributed by atoms with Crippen LogP contribution in [-0.4, -0.2) is 20.5 Å². The van der Waals surface area contributed by atoms with Gasteiger partial charge in [0.1, 0.15) is 11.9 Å². The summed E-state index contributed by atoms with van der Waals surface area (Å²) in [4.78, 5) is 18.0. The number of anilines is 1. The highest BCUT2D eigenvalue weighted by Gasteiger charge is 2.41. The molecular weight excluding hydrogens is 423 g/mol. The maximum Gasteiger partial charge on any atom is 0.227 e. The molecule has 0 saturated heterocycles. The predicted octanol–water partition coefficient (Wildman–Crippen LogP) is 5.68. The Morgan fingerprint density at radius 3 is 2.72 bits per heavy atom. The van der Waals surface area contributed by atoms with Crippen LogP contribution in [-0.2, 0) is 10.5 Å². The minimum absolute atomic E-state index is 0.0993. The van der Waals surface area contributed by atoms with Crippen LogP contribution in [0.3, 0.4) is 0 Å². The summed E-state index contributed by atoms with van der Waals surface area (Å²) in [6.07, 6.45) is 1.30. The number of hydrogen-bond donors (Lipinski definition) is 1. The van der Waals surface area contributed by atoms with Crippen molar-refractivity contribution in [1.82, 2.24) is 14.8 Å². The molecule has 1 aliphatic heterocycles. The zero-order valence-electron chi connectivity index (χ0n) is 18.4. The van der Waals surface area contributed by atoms with E-state index in [1.54, 1.807) is 6.07 Å². The molecule has 5 nitrogen and oxygen atoms in total. The van der Waals surface area contributed by atoms with E-state index in [4.69, 9.17) is 10.1 Å². The highest BCUT2D eigenvalue weighted by molar-refractivity contribution is 7.98. The van der Waals surface area contributed by atoms with Crippen LogP contribution in [0.1, 0.15) is 49.4 Å². The molecule has 32 heavy (non-hydrogen) atoms. The predicted molar refractivity (Wildman–Crippen MR) is 124 cm³/mol. The number of thioether (sulfide) groups is 1. The number of benzene rings is 2. The maximum atomic E-state index is 13.5. The number of carbonyl (C=O) groups is 1. The minimum atomic E-state index is -0.304. The number of ketones is 1. The third-order valence-corrected chi connectivity index (χ3v) is 6.87. The van der Waals surface area contributed by atoms with E-state index in [1.807, 2.05) is 17.7 Å². The molecule has 0 spiro atoms. The van der Waals surface area contributed by atoms with Gasteiger partial charge in [0.25, 0.3) is 0 Å². The molecule has 2 aliphatic rings. The van der Waals surface area contributed by atoms with Crippen LogP contribution in [0.4, 0.5) is 10.3 Å². The molecule has 1 aliphatic carbocycles. The zero-order valence-corrected chi connectivity index (χ0v) is 19.2. The standard InChI is InChI=1S/C25H25FN4OS/c1-15-7-9-17(10-8-15)22-21-19(12-25(2,3)13-20(21)31)27-23-28-24(29-30(22)23)32-14-16-5-4-6-18(26)11-16/h4-11,22H,12-14H2,1-3H3,(H,27,28,29)/t22-/m0/s1. The Balaban J connectivity index is 1.52. The minimum Gasteiger partial charge on any atom is -0.328 e. The van der Waals surface area contributed by atoms with Crippen molar-refractivity contribution in [3.8, 4) is 0 Å². The molecule has 0 unspecified atom stereocenters. The molecule has 1 N–H and O–H groups in total. The fraction of sp³-hybridized carbons (Fsp3) is 0.320. The van der Waals surface area contributed by atoms with E-state index in [0.29, 0.717) is 23.3 Å². The van der Waals surface area contributed by atoms with Crippen LogP contribution in [0, 0.1) is 18.2 Å². The Morgan fingerprint density at radius 1 is 1.19 bits per heavy atom. The molecule has 164 valence electrons. The number of nitrogens with zero attached hydrogens (tertiary/aromatic N) is 3. The fourth-order valence-electron chi connectivity index (χ4n) is 4.48. The van der Waals surface area contributed by atoms with Crippen LogP contribution in [0.15, 0.2) is 65.0 Å². The first-order valence-corrected chi connectivity index (χ1v) is 11.7. The average molecular weight is 449 g/mol. The normalized spacial score (nSPS) is 19.4. The third kappa shape index (κ3) is 3.97. The SMILES string of the molecule is Cc1ccc([C@H]2C3=C(CC(C)(C)CC3=O)Nc3nc(SCc4cccc(F)c4)nn32)cc1. The number of nitrogens with one attached hydrogen (secondary N) is 1. The van der Waals surface area contributed by atoms with Gasteiger partial charge in [-0.1, -0.05) is 67.6 Å². The van der Waals surface area contributed by atoms with Gasteiger partial charge in [-0.05, 0) is 42.0 Å². The van der Waals surface area contributed by atoms with Gasteiger partial charge in [-0.3, -0.25) is 4.79 Å². The van der Waals surface area contributed by atoms with Gasteiger partial charge in [-0.25, -0.2) is 9.07 Å². The monoisotopic (exact) mass is 448 g/mol.